The Morgan fingerprint density at radius 2 is 1.76 bits per heavy atom. The van der Waals surface area contributed by atoms with Gasteiger partial charge in [-0.15, -0.1) is 0 Å². The molecule has 106 valence electrons. The van der Waals surface area contributed by atoms with Crippen LogP contribution in [-0.2, 0) is 0 Å². The van der Waals surface area contributed by atoms with Crippen LogP contribution in [0.5, 0.6) is 0 Å². The molecule has 21 heavy (non-hydrogen) atoms. The first-order chi connectivity index (χ1) is 10.3. The minimum absolute atomic E-state index is 1.00. The second-order valence-electron chi connectivity index (χ2n) is 5.79. The van der Waals surface area contributed by atoms with Crippen LogP contribution in [-0.4, -0.2) is 0 Å². The Balaban J connectivity index is 2.00. The van der Waals surface area contributed by atoms with Crippen LogP contribution in [0.25, 0.3) is 11.1 Å². The molecule has 0 atom stereocenters. The minimum atomic E-state index is 1.00. The molecular formula is C21H22. The Kier molecular flexibility index (Phi) is 4.35. The van der Waals surface area contributed by atoms with Gasteiger partial charge in [0.2, 0.25) is 0 Å². The van der Waals surface area contributed by atoms with E-state index in [1.165, 1.54) is 47.1 Å². The van der Waals surface area contributed by atoms with Crippen LogP contribution in [0.4, 0.5) is 0 Å². The van der Waals surface area contributed by atoms with Crippen molar-refractivity contribution < 1.29 is 0 Å². The van der Waals surface area contributed by atoms with Gasteiger partial charge in [0.15, 0.2) is 0 Å². The third-order valence-electron chi connectivity index (χ3n) is 4.01. The Morgan fingerprint density at radius 1 is 0.857 bits per heavy atom. The van der Waals surface area contributed by atoms with Crippen LogP contribution in [0.3, 0.4) is 0 Å². The van der Waals surface area contributed by atoms with Gasteiger partial charge in [-0.25, -0.2) is 0 Å². The molecule has 0 saturated heterocycles. The van der Waals surface area contributed by atoms with Crippen LogP contribution in [0.15, 0.2) is 66.8 Å². The lowest BCUT2D eigenvalue weighted by atomic mass is 9.94. The van der Waals surface area contributed by atoms with E-state index in [1.807, 2.05) is 0 Å². The number of benzene rings is 1. The maximum absolute atomic E-state index is 2.38. The molecule has 0 heterocycles. The molecule has 0 heteroatoms. The Labute approximate surface area is 127 Å². The van der Waals surface area contributed by atoms with E-state index in [-0.39, 0.29) is 0 Å². The molecule has 1 aromatic carbocycles. The lowest BCUT2D eigenvalue weighted by Gasteiger charge is -2.10. The average Bonchev–Trinajstić information content (AvgIpc) is 2.92. The van der Waals surface area contributed by atoms with Gasteiger partial charge in [0.25, 0.3) is 0 Å². The Bertz CT molecular complexity index is 663. The van der Waals surface area contributed by atoms with Gasteiger partial charge in [-0.3, -0.25) is 0 Å². The lowest BCUT2D eigenvalue weighted by molar-refractivity contribution is 0.876. The average molecular weight is 274 g/mol. The first-order valence-corrected chi connectivity index (χ1v) is 7.84. The zero-order chi connectivity index (χ0) is 14.5. The molecule has 0 N–H and O–H groups in total. The van der Waals surface area contributed by atoms with Crippen molar-refractivity contribution in [3.8, 4) is 0 Å². The van der Waals surface area contributed by atoms with Crippen molar-refractivity contribution in [2.45, 2.75) is 32.6 Å². The molecule has 1 aromatic rings. The highest BCUT2D eigenvalue weighted by Crippen LogP contribution is 2.28. The van der Waals surface area contributed by atoms with Crippen molar-refractivity contribution in [1.82, 2.24) is 0 Å². The molecule has 0 radical (unpaired) electrons. The summed E-state index contributed by atoms with van der Waals surface area (Å²) < 4.78 is 0. The molecule has 0 aliphatic heterocycles. The summed E-state index contributed by atoms with van der Waals surface area (Å²) in [5.41, 5.74) is 6.79. The van der Waals surface area contributed by atoms with E-state index in [2.05, 4.69) is 73.7 Å². The van der Waals surface area contributed by atoms with Gasteiger partial charge < -0.3 is 0 Å². The highest BCUT2D eigenvalue weighted by molar-refractivity contribution is 5.79. The van der Waals surface area contributed by atoms with E-state index >= 15 is 0 Å². The molecule has 2 aliphatic carbocycles. The summed E-state index contributed by atoms with van der Waals surface area (Å²) in [6.45, 7) is 2.19. The first kappa shape index (κ1) is 13.9. The van der Waals surface area contributed by atoms with Crippen LogP contribution < -0.4 is 0 Å². The fourth-order valence-corrected chi connectivity index (χ4v) is 2.91. The maximum Gasteiger partial charge on any atom is -0.00884 e. The predicted octanol–water partition coefficient (Wildman–Crippen LogP) is 6.02. The molecule has 0 fully saturated rings. The molecule has 0 saturated carbocycles. The first-order valence-electron chi connectivity index (χ1n) is 7.84. The van der Waals surface area contributed by atoms with Gasteiger partial charge in [0.1, 0.15) is 0 Å². The van der Waals surface area contributed by atoms with E-state index < -0.39 is 0 Å². The molecule has 2 aliphatic rings. The van der Waals surface area contributed by atoms with Crippen molar-refractivity contribution in [2.24, 2.45) is 0 Å². The summed E-state index contributed by atoms with van der Waals surface area (Å²) in [6, 6.07) is 6.94. The largest absolute Gasteiger partial charge is 0.0839 e. The number of aryl methyl sites for hydroxylation is 1. The number of hydrogen-bond acceptors (Lipinski definition) is 0. The second-order valence-corrected chi connectivity index (χ2v) is 5.79. The number of rotatable bonds is 2. The van der Waals surface area contributed by atoms with Crippen molar-refractivity contribution in [2.75, 3.05) is 0 Å². The van der Waals surface area contributed by atoms with Gasteiger partial charge in [-0.1, -0.05) is 60.7 Å². The zero-order valence-electron chi connectivity index (χ0n) is 12.7. The fraction of sp³-hybridized carbons (Fsp3) is 0.238. The normalized spacial score (nSPS) is 18.0. The zero-order valence-corrected chi connectivity index (χ0v) is 12.7. The molecule has 0 aromatic heterocycles. The van der Waals surface area contributed by atoms with Crippen molar-refractivity contribution in [1.29, 1.82) is 0 Å². The van der Waals surface area contributed by atoms with E-state index in [9.17, 15) is 0 Å². The van der Waals surface area contributed by atoms with Crippen LogP contribution in [0, 0.1) is 6.92 Å². The third-order valence-corrected chi connectivity index (χ3v) is 4.01. The highest BCUT2D eigenvalue weighted by Gasteiger charge is 2.07. The summed E-state index contributed by atoms with van der Waals surface area (Å²) in [5, 5.41) is 0. The summed E-state index contributed by atoms with van der Waals surface area (Å²) in [7, 11) is 0. The van der Waals surface area contributed by atoms with Crippen molar-refractivity contribution in [3.05, 3.63) is 83.5 Å². The molecular weight excluding hydrogens is 252 g/mol. The van der Waals surface area contributed by atoms with Gasteiger partial charge >= 0.3 is 0 Å². The second kappa shape index (κ2) is 6.58. The van der Waals surface area contributed by atoms with Gasteiger partial charge in [-0.05, 0) is 66.5 Å². The molecule has 0 nitrogen and oxygen atoms in total. The van der Waals surface area contributed by atoms with Crippen LogP contribution >= 0.6 is 0 Å². The number of hydrogen-bond donors (Lipinski definition) is 0. The van der Waals surface area contributed by atoms with E-state index in [0.717, 1.165) is 6.42 Å². The van der Waals surface area contributed by atoms with Gasteiger partial charge in [0, 0.05) is 0 Å². The maximum atomic E-state index is 2.38. The van der Waals surface area contributed by atoms with Crippen LogP contribution in [0.2, 0.25) is 0 Å². The van der Waals surface area contributed by atoms with Gasteiger partial charge in [-0.2, -0.15) is 0 Å². The Morgan fingerprint density at radius 3 is 2.71 bits per heavy atom. The minimum Gasteiger partial charge on any atom is -0.0839 e. The summed E-state index contributed by atoms with van der Waals surface area (Å²) in [4.78, 5) is 0. The standard InChI is InChI=1S/C21H22/c1-17-14-20(18-10-6-2-3-7-11-18)16-21(15-17)19-12-8-4-5-9-13-19/h2-3,6-8,10,12-16H,4-5,9,11H2,1H3. The topological polar surface area (TPSA) is 0 Å². The smallest absolute Gasteiger partial charge is 0.00884 e. The van der Waals surface area contributed by atoms with E-state index in [4.69, 9.17) is 0 Å². The van der Waals surface area contributed by atoms with E-state index in [1.54, 1.807) is 0 Å². The molecule has 0 spiro atoms. The highest BCUT2D eigenvalue weighted by atomic mass is 14.1. The molecule has 0 amide bonds. The van der Waals surface area contributed by atoms with E-state index in [0.29, 0.717) is 0 Å². The summed E-state index contributed by atoms with van der Waals surface area (Å²) in [6.07, 6.45) is 22.4. The number of allylic oxidation sites excluding steroid dienone is 10. The van der Waals surface area contributed by atoms with Crippen LogP contribution in [0.1, 0.15) is 42.4 Å². The summed E-state index contributed by atoms with van der Waals surface area (Å²) >= 11 is 0. The van der Waals surface area contributed by atoms with Crippen molar-refractivity contribution in [3.63, 3.8) is 0 Å². The van der Waals surface area contributed by atoms with Gasteiger partial charge in [0.05, 0.1) is 0 Å². The molecule has 0 bridgehead atoms. The monoisotopic (exact) mass is 274 g/mol. The third kappa shape index (κ3) is 3.52. The molecule has 0 unspecified atom stereocenters. The molecule has 3 rings (SSSR count). The lowest BCUT2D eigenvalue weighted by Crippen LogP contribution is -1.90. The predicted molar refractivity (Wildman–Crippen MR) is 93.0 cm³/mol. The van der Waals surface area contributed by atoms with Crippen molar-refractivity contribution >= 4 is 11.1 Å². The summed E-state index contributed by atoms with van der Waals surface area (Å²) in [5.74, 6) is 0. The fourth-order valence-electron chi connectivity index (χ4n) is 2.91. The SMILES string of the molecule is Cc1cc(C2=CCCCC=C2)cc(C2=CC=CC=CC2)c1. The quantitative estimate of drug-likeness (QED) is 0.618. The Hall–Kier alpha value is -2.08.